The molecule has 0 bridgehead atoms. The van der Waals surface area contributed by atoms with Crippen molar-refractivity contribution in [1.82, 2.24) is 0 Å². The Morgan fingerprint density at radius 1 is 1.20 bits per heavy atom. The van der Waals surface area contributed by atoms with Gasteiger partial charge in [0.15, 0.2) is 6.54 Å². The van der Waals surface area contributed by atoms with Crippen molar-refractivity contribution in [3.8, 4) is 0 Å². The van der Waals surface area contributed by atoms with Crippen LogP contribution in [0.5, 0.6) is 0 Å². The number of piperazine rings is 1. The average molecular weight is 363 g/mol. The van der Waals surface area contributed by atoms with Gasteiger partial charge in [-0.3, -0.25) is 4.79 Å². The number of anilines is 2. The molecule has 132 valence electrons. The second-order valence-electron chi connectivity index (χ2n) is 6.35. The minimum atomic E-state index is -0.221. The molecule has 25 heavy (non-hydrogen) atoms. The van der Waals surface area contributed by atoms with Crippen LogP contribution < -0.4 is 15.1 Å². The van der Waals surface area contributed by atoms with Crippen LogP contribution in [-0.4, -0.2) is 38.6 Å². The Morgan fingerprint density at radius 2 is 1.88 bits per heavy atom. The Labute approximate surface area is 152 Å². The highest BCUT2D eigenvalue weighted by Crippen LogP contribution is 2.22. The minimum absolute atomic E-state index is 0.00408. The van der Waals surface area contributed by atoms with Crippen LogP contribution in [0.3, 0.4) is 0 Å². The van der Waals surface area contributed by atoms with Crippen molar-refractivity contribution in [2.24, 2.45) is 0 Å². The Balaban J connectivity index is 1.51. The van der Waals surface area contributed by atoms with E-state index in [9.17, 15) is 9.18 Å². The summed E-state index contributed by atoms with van der Waals surface area (Å²) in [7, 11) is 0. The molecule has 1 aliphatic heterocycles. The number of rotatable bonds is 4. The first kappa shape index (κ1) is 17.7. The van der Waals surface area contributed by atoms with Crippen LogP contribution in [0.2, 0.25) is 5.02 Å². The number of benzene rings is 2. The summed E-state index contributed by atoms with van der Waals surface area (Å²) in [6.45, 7) is 5.78. The molecule has 0 aliphatic carbocycles. The van der Waals surface area contributed by atoms with Crippen molar-refractivity contribution in [2.45, 2.75) is 6.92 Å². The maximum absolute atomic E-state index is 13.0. The molecule has 0 atom stereocenters. The number of amides is 1. The van der Waals surface area contributed by atoms with E-state index in [4.69, 9.17) is 11.6 Å². The Hall–Kier alpha value is -2.11. The largest absolute Gasteiger partial charge is 0.360 e. The van der Waals surface area contributed by atoms with E-state index in [1.54, 1.807) is 12.1 Å². The lowest BCUT2D eigenvalue weighted by molar-refractivity contribution is -0.892. The summed E-state index contributed by atoms with van der Waals surface area (Å²) >= 11 is 6.09. The second kappa shape index (κ2) is 7.85. The van der Waals surface area contributed by atoms with Gasteiger partial charge in [-0.2, -0.15) is 0 Å². The summed E-state index contributed by atoms with van der Waals surface area (Å²) in [5.74, 6) is -0.225. The van der Waals surface area contributed by atoms with Gasteiger partial charge in [0.05, 0.1) is 26.2 Å². The molecule has 6 heteroatoms. The third-order valence-electron chi connectivity index (χ3n) is 4.61. The van der Waals surface area contributed by atoms with Crippen LogP contribution in [0.25, 0.3) is 0 Å². The van der Waals surface area contributed by atoms with Gasteiger partial charge >= 0.3 is 0 Å². The van der Waals surface area contributed by atoms with E-state index in [1.165, 1.54) is 17.0 Å². The second-order valence-corrected chi connectivity index (χ2v) is 6.76. The van der Waals surface area contributed by atoms with Crippen molar-refractivity contribution >= 4 is 28.9 Å². The molecule has 0 aromatic heterocycles. The molecule has 1 aliphatic rings. The first-order valence-electron chi connectivity index (χ1n) is 8.42. The highest BCUT2D eigenvalue weighted by atomic mass is 35.5. The first-order valence-corrected chi connectivity index (χ1v) is 8.80. The number of halogens is 2. The Morgan fingerprint density at radius 3 is 2.56 bits per heavy atom. The molecular weight excluding hydrogens is 341 g/mol. The van der Waals surface area contributed by atoms with Crippen molar-refractivity contribution in [2.75, 3.05) is 42.9 Å². The zero-order valence-electron chi connectivity index (χ0n) is 14.2. The lowest BCUT2D eigenvalue weighted by Crippen LogP contribution is -3.15. The summed E-state index contributed by atoms with van der Waals surface area (Å²) in [5, 5.41) is 3.60. The summed E-state index contributed by atoms with van der Waals surface area (Å²) in [6.07, 6.45) is 0. The van der Waals surface area contributed by atoms with Gasteiger partial charge < -0.3 is 15.1 Å². The third kappa shape index (κ3) is 4.50. The topological polar surface area (TPSA) is 36.8 Å². The van der Waals surface area contributed by atoms with Gasteiger partial charge in [-0.25, -0.2) is 4.39 Å². The summed E-state index contributed by atoms with van der Waals surface area (Å²) in [6, 6.07) is 12.1. The number of hydrogen-bond acceptors (Lipinski definition) is 2. The Kier molecular flexibility index (Phi) is 5.56. The van der Waals surface area contributed by atoms with Crippen LogP contribution >= 0.6 is 11.6 Å². The zero-order chi connectivity index (χ0) is 17.8. The zero-order valence-corrected chi connectivity index (χ0v) is 14.9. The lowest BCUT2D eigenvalue weighted by Gasteiger charge is -2.33. The van der Waals surface area contributed by atoms with Gasteiger partial charge in [0.25, 0.3) is 5.91 Å². The van der Waals surface area contributed by atoms with Crippen LogP contribution in [0, 0.1) is 12.7 Å². The Bertz CT molecular complexity index is 743. The number of nitrogens with one attached hydrogen (secondary N) is 2. The molecule has 2 aromatic rings. The van der Waals surface area contributed by atoms with Gasteiger partial charge in [0, 0.05) is 16.4 Å². The van der Waals surface area contributed by atoms with Crippen LogP contribution in [0.15, 0.2) is 42.5 Å². The molecule has 0 saturated carbocycles. The van der Waals surface area contributed by atoms with E-state index in [0.717, 1.165) is 43.1 Å². The molecule has 0 unspecified atom stereocenters. The summed E-state index contributed by atoms with van der Waals surface area (Å²) in [4.78, 5) is 15.8. The average Bonchev–Trinajstić information content (AvgIpc) is 2.60. The normalized spacial score (nSPS) is 15.2. The summed E-state index contributed by atoms with van der Waals surface area (Å²) in [5.41, 5.74) is 2.68. The highest BCUT2D eigenvalue weighted by molar-refractivity contribution is 6.31. The van der Waals surface area contributed by atoms with E-state index < -0.39 is 0 Å². The fraction of sp³-hybridized carbons (Fsp3) is 0.316. The minimum Gasteiger partial charge on any atom is -0.360 e. The third-order valence-corrected chi connectivity index (χ3v) is 5.02. The van der Waals surface area contributed by atoms with Crippen molar-refractivity contribution < 1.29 is 14.1 Å². The van der Waals surface area contributed by atoms with Gasteiger partial charge in [-0.15, -0.1) is 0 Å². The van der Waals surface area contributed by atoms with E-state index in [0.29, 0.717) is 11.6 Å². The summed E-state index contributed by atoms with van der Waals surface area (Å²) < 4.78 is 13.0. The molecule has 4 nitrogen and oxygen atoms in total. The smallest absolute Gasteiger partial charge is 0.279 e. The monoisotopic (exact) mass is 362 g/mol. The van der Waals surface area contributed by atoms with Crippen LogP contribution in [-0.2, 0) is 4.79 Å². The van der Waals surface area contributed by atoms with Gasteiger partial charge in [-0.1, -0.05) is 17.7 Å². The molecule has 1 fully saturated rings. The van der Waals surface area contributed by atoms with Gasteiger partial charge in [0.2, 0.25) is 0 Å². The van der Waals surface area contributed by atoms with E-state index >= 15 is 0 Å². The molecule has 0 radical (unpaired) electrons. The first-order chi connectivity index (χ1) is 12.0. The molecule has 3 rings (SSSR count). The maximum Gasteiger partial charge on any atom is 0.279 e. The number of carbonyl (C=O) groups excluding carboxylic acids is 1. The van der Waals surface area contributed by atoms with Crippen molar-refractivity contribution in [1.29, 1.82) is 0 Å². The molecule has 0 spiro atoms. The van der Waals surface area contributed by atoms with Gasteiger partial charge in [-0.05, 0) is 48.9 Å². The fourth-order valence-corrected chi connectivity index (χ4v) is 3.25. The van der Waals surface area contributed by atoms with E-state index in [1.807, 2.05) is 25.1 Å². The standard InChI is InChI=1S/C19H21ClFN3O/c1-14-17(20)3-2-4-18(14)22-19(25)13-23-9-11-24(12-10-23)16-7-5-15(21)6-8-16/h2-8H,9-13H2,1H3,(H,22,25)/p+1. The lowest BCUT2D eigenvalue weighted by atomic mass is 10.2. The molecule has 1 heterocycles. The number of hydrogen-bond donors (Lipinski definition) is 2. The van der Waals surface area contributed by atoms with Crippen LogP contribution in [0.1, 0.15) is 5.56 Å². The molecule has 2 aromatic carbocycles. The predicted molar refractivity (Wildman–Crippen MR) is 99.0 cm³/mol. The molecule has 2 N–H and O–H groups in total. The van der Waals surface area contributed by atoms with E-state index in [2.05, 4.69) is 10.2 Å². The molecule has 1 amide bonds. The number of carbonyl (C=O) groups is 1. The number of nitrogens with zero attached hydrogens (tertiary/aromatic N) is 1. The van der Waals surface area contributed by atoms with Gasteiger partial charge in [0.1, 0.15) is 5.82 Å². The van der Waals surface area contributed by atoms with Crippen molar-refractivity contribution in [3.05, 3.63) is 58.9 Å². The fourth-order valence-electron chi connectivity index (χ4n) is 3.07. The van der Waals surface area contributed by atoms with Crippen LogP contribution in [0.4, 0.5) is 15.8 Å². The quantitative estimate of drug-likeness (QED) is 0.874. The number of quaternary nitrogens is 1. The van der Waals surface area contributed by atoms with Crippen molar-refractivity contribution in [3.63, 3.8) is 0 Å². The molecule has 1 saturated heterocycles. The predicted octanol–water partition coefficient (Wildman–Crippen LogP) is 2.13. The molecular formula is C19H22ClFN3O+. The van der Waals surface area contributed by atoms with E-state index in [-0.39, 0.29) is 11.7 Å². The maximum atomic E-state index is 13.0. The SMILES string of the molecule is Cc1c(Cl)cccc1NC(=O)C[NH+]1CCN(c2ccc(F)cc2)CC1. The highest BCUT2D eigenvalue weighted by Gasteiger charge is 2.22.